The number of aliphatic hydroxyl groups is 4. The molecule has 1 aliphatic rings. The van der Waals surface area contributed by atoms with Crippen molar-refractivity contribution in [1.29, 1.82) is 0 Å². The Kier molecular flexibility index (Phi) is 3.91. The van der Waals surface area contributed by atoms with Gasteiger partial charge in [-0.25, -0.2) is 0 Å². The summed E-state index contributed by atoms with van der Waals surface area (Å²) in [7, 11) is 0. The minimum atomic E-state index is -1.55. The maximum Gasteiger partial charge on any atom is 0.184 e. The third-order valence-electron chi connectivity index (χ3n) is 3.11. The maximum atomic E-state index is 9.85. The van der Waals surface area contributed by atoms with Gasteiger partial charge in [-0.2, -0.15) is 0 Å². The van der Waals surface area contributed by atoms with Gasteiger partial charge in [-0.1, -0.05) is 23.7 Å². The predicted octanol–water partition coefficient (Wildman–Crippen LogP) is 0.121. The Hall–Kier alpha value is -0.690. The van der Waals surface area contributed by atoms with E-state index in [4.69, 9.17) is 16.3 Å². The fourth-order valence-electron chi connectivity index (χ4n) is 1.92. The summed E-state index contributed by atoms with van der Waals surface area (Å²) in [6.07, 6.45) is -6.82. The molecular weight excluding hydrogens is 260 g/mol. The summed E-state index contributed by atoms with van der Waals surface area (Å²) in [5.74, 6) is 0. The average molecular weight is 275 g/mol. The van der Waals surface area contributed by atoms with Gasteiger partial charge in [0, 0.05) is 5.02 Å². The largest absolute Gasteiger partial charge is 0.387 e. The second kappa shape index (κ2) is 5.13. The monoisotopic (exact) mass is 274 g/mol. The molecule has 1 aromatic carbocycles. The zero-order chi connectivity index (χ0) is 13.4. The van der Waals surface area contributed by atoms with Crippen LogP contribution in [-0.2, 0) is 4.74 Å². The molecule has 1 saturated heterocycles. The number of aliphatic hydroxyl groups excluding tert-OH is 4. The van der Waals surface area contributed by atoms with Crippen molar-refractivity contribution in [1.82, 2.24) is 0 Å². The van der Waals surface area contributed by atoms with E-state index >= 15 is 0 Å². The van der Waals surface area contributed by atoms with Crippen molar-refractivity contribution in [2.45, 2.75) is 37.6 Å². The van der Waals surface area contributed by atoms with Crippen molar-refractivity contribution in [3.8, 4) is 0 Å². The molecule has 0 bridgehead atoms. The molecule has 1 aliphatic heterocycles. The Morgan fingerprint density at radius 2 is 1.72 bits per heavy atom. The van der Waals surface area contributed by atoms with Crippen LogP contribution in [0.2, 0.25) is 5.02 Å². The lowest BCUT2D eigenvalue weighted by molar-refractivity contribution is -0.284. The molecule has 0 aliphatic carbocycles. The highest BCUT2D eigenvalue weighted by atomic mass is 35.5. The predicted molar refractivity (Wildman–Crippen MR) is 64.0 cm³/mol. The highest BCUT2D eigenvalue weighted by molar-refractivity contribution is 6.31. The summed E-state index contributed by atoms with van der Waals surface area (Å²) in [6.45, 7) is 1.83. The summed E-state index contributed by atoms with van der Waals surface area (Å²) in [4.78, 5) is 0. The van der Waals surface area contributed by atoms with E-state index < -0.39 is 30.7 Å². The van der Waals surface area contributed by atoms with Gasteiger partial charge in [0.25, 0.3) is 0 Å². The molecule has 100 valence electrons. The molecule has 5 nitrogen and oxygen atoms in total. The van der Waals surface area contributed by atoms with Gasteiger partial charge in [0.05, 0.1) is 0 Å². The van der Waals surface area contributed by atoms with Gasteiger partial charge in [0.2, 0.25) is 0 Å². The van der Waals surface area contributed by atoms with E-state index in [1.807, 2.05) is 6.92 Å². The first-order chi connectivity index (χ1) is 8.41. The Bertz CT molecular complexity index is 438. The summed E-state index contributed by atoms with van der Waals surface area (Å²) in [5, 5.41) is 38.8. The quantitative estimate of drug-likeness (QED) is 0.584. The lowest BCUT2D eigenvalue weighted by atomic mass is 9.93. The summed E-state index contributed by atoms with van der Waals surface area (Å²) >= 11 is 5.97. The minimum absolute atomic E-state index is 0.499. The van der Waals surface area contributed by atoms with Crippen molar-refractivity contribution < 1.29 is 25.2 Å². The lowest BCUT2D eigenvalue weighted by Gasteiger charge is -2.38. The number of halogens is 1. The topological polar surface area (TPSA) is 90.2 Å². The van der Waals surface area contributed by atoms with Crippen LogP contribution in [0.25, 0.3) is 0 Å². The maximum absolute atomic E-state index is 9.85. The number of aryl methyl sites for hydroxylation is 1. The molecule has 0 aromatic heterocycles. The van der Waals surface area contributed by atoms with Crippen LogP contribution in [0.4, 0.5) is 0 Å². The number of benzene rings is 1. The molecule has 2 rings (SSSR count). The molecule has 1 aromatic rings. The number of ether oxygens (including phenoxy) is 1. The summed E-state index contributed by atoms with van der Waals surface area (Å²) in [6, 6.07) is 5.03. The van der Waals surface area contributed by atoms with Crippen molar-refractivity contribution in [3.63, 3.8) is 0 Å². The molecule has 1 heterocycles. The number of rotatable bonds is 1. The van der Waals surface area contributed by atoms with E-state index in [-0.39, 0.29) is 0 Å². The Labute approximate surface area is 109 Å². The van der Waals surface area contributed by atoms with E-state index in [0.29, 0.717) is 10.6 Å². The average Bonchev–Trinajstić information content (AvgIpc) is 2.35. The van der Waals surface area contributed by atoms with Crippen molar-refractivity contribution in [2.24, 2.45) is 0 Å². The van der Waals surface area contributed by atoms with E-state index in [1.165, 1.54) is 0 Å². The van der Waals surface area contributed by atoms with Crippen LogP contribution in [0.5, 0.6) is 0 Å². The first-order valence-electron chi connectivity index (χ1n) is 5.55. The fourth-order valence-corrected chi connectivity index (χ4v) is 2.11. The van der Waals surface area contributed by atoms with Crippen LogP contribution in [0, 0.1) is 6.92 Å². The minimum Gasteiger partial charge on any atom is -0.387 e. The number of hydrogen-bond acceptors (Lipinski definition) is 5. The second-order valence-electron chi connectivity index (χ2n) is 4.43. The molecule has 0 spiro atoms. The molecule has 4 N–H and O–H groups in total. The first kappa shape index (κ1) is 13.7. The molecule has 1 unspecified atom stereocenters. The van der Waals surface area contributed by atoms with E-state index in [2.05, 4.69) is 0 Å². The molecule has 5 atom stereocenters. The standard InChI is InChI=1S/C12H15ClO5/c1-5-2-3-6(4-7(5)13)11-9(15)8(14)10(16)12(17)18-11/h2-4,8-12,14-17H,1H3/t8-,9-,10+,11+,12?/m1/s1. The van der Waals surface area contributed by atoms with Gasteiger partial charge in [-0.05, 0) is 24.1 Å². The van der Waals surface area contributed by atoms with Gasteiger partial charge in [-0.3, -0.25) is 0 Å². The number of hydrogen-bond donors (Lipinski definition) is 4. The van der Waals surface area contributed by atoms with Gasteiger partial charge in [0.1, 0.15) is 24.4 Å². The van der Waals surface area contributed by atoms with Crippen molar-refractivity contribution in [3.05, 3.63) is 34.3 Å². The van der Waals surface area contributed by atoms with Crippen LogP contribution in [0.3, 0.4) is 0 Å². The lowest BCUT2D eigenvalue weighted by Crippen LogP contribution is -2.54. The van der Waals surface area contributed by atoms with Crippen LogP contribution in [-0.4, -0.2) is 45.0 Å². The van der Waals surface area contributed by atoms with E-state index in [9.17, 15) is 20.4 Å². The highest BCUT2D eigenvalue weighted by Gasteiger charge is 2.43. The summed E-state index contributed by atoms with van der Waals surface area (Å²) in [5.41, 5.74) is 1.40. The molecule has 6 heteroatoms. The Morgan fingerprint density at radius 3 is 2.33 bits per heavy atom. The van der Waals surface area contributed by atoms with Crippen LogP contribution in [0.1, 0.15) is 17.2 Å². The Morgan fingerprint density at radius 1 is 1.06 bits per heavy atom. The molecule has 1 fully saturated rings. The molecule has 0 amide bonds. The smallest absolute Gasteiger partial charge is 0.184 e. The van der Waals surface area contributed by atoms with E-state index in [1.54, 1.807) is 18.2 Å². The van der Waals surface area contributed by atoms with Gasteiger partial charge in [0.15, 0.2) is 6.29 Å². The zero-order valence-corrected chi connectivity index (χ0v) is 10.4. The first-order valence-corrected chi connectivity index (χ1v) is 5.93. The molecule has 18 heavy (non-hydrogen) atoms. The van der Waals surface area contributed by atoms with Crippen molar-refractivity contribution >= 4 is 11.6 Å². The van der Waals surface area contributed by atoms with Crippen LogP contribution >= 0.6 is 11.6 Å². The second-order valence-corrected chi connectivity index (χ2v) is 4.83. The van der Waals surface area contributed by atoms with Gasteiger partial charge < -0.3 is 25.2 Å². The molecule has 0 radical (unpaired) electrons. The van der Waals surface area contributed by atoms with Crippen molar-refractivity contribution in [2.75, 3.05) is 0 Å². The zero-order valence-electron chi connectivity index (χ0n) is 9.69. The third-order valence-corrected chi connectivity index (χ3v) is 3.52. The van der Waals surface area contributed by atoms with E-state index in [0.717, 1.165) is 5.56 Å². The fraction of sp³-hybridized carbons (Fsp3) is 0.500. The Balaban J connectivity index is 2.29. The SMILES string of the molecule is Cc1ccc([C@@H]2OC(O)[C@@H](O)[C@H](O)[C@H]2O)cc1Cl. The molecule has 0 saturated carbocycles. The normalized spacial score (nSPS) is 36.7. The highest BCUT2D eigenvalue weighted by Crippen LogP contribution is 2.33. The van der Waals surface area contributed by atoms with Crippen LogP contribution in [0.15, 0.2) is 18.2 Å². The van der Waals surface area contributed by atoms with Crippen LogP contribution < -0.4 is 0 Å². The van der Waals surface area contributed by atoms with Gasteiger partial charge in [-0.15, -0.1) is 0 Å². The summed E-state index contributed by atoms with van der Waals surface area (Å²) < 4.78 is 5.10. The van der Waals surface area contributed by atoms with Gasteiger partial charge >= 0.3 is 0 Å². The third kappa shape index (κ3) is 2.38. The molecular formula is C12H15ClO5.